The van der Waals surface area contributed by atoms with Gasteiger partial charge in [0.1, 0.15) is 11.8 Å². The molecule has 0 spiro atoms. The van der Waals surface area contributed by atoms with Crippen molar-refractivity contribution < 1.29 is 19.8 Å². The van der Waals surface area contributed by atoms with Crippen molar-refractivity contribution in [3.63, 3.8) is 0 Å². The second kappa shape index (κ2) is 7.38. The normalized spacial score (nSPS) is 11.8. The number of phenolic OH excluding ortho intramolecular Hbond substituents is 1. The maximum Gasteiger partial charge on any atom is 0.320 e. The fourth-order valence-corrected chi connectivity index (χ4v) is 1.58. The van der Waals surface area contributed by atoms with E-state index >= 15 is 0 Å². The highest BCUT2D eigenvalue weighted by Crippen LogP contribution is 2.14. The Morgan fingerprint density at radius 3 is 2.58 bits per heavy atom. The van der Waals surface area contributed by atoms with Crippen LogP contribution in [0.3, 0.4) is 0 Å². The Labute approximate surface area is 111 Å². The van der Waals surface area contributed by atoms with Gasteiger partial charge in [0.2, 0.25) is 0 Å². The maximum atomic E-state index is 11.7. The van der Waals surface area contributed by atoms with Crippen molar-refractivity contribution in [3.05, 3.63) is 29.8 Å². The number of nitrogens with one attached hydrogen (secondary N) is 1. The van der Waals surface area contributed by atoms with Gasteiger partial charge in [-0.25, -0.2) is 0 Å². The number of hydrogen-bond acceptors (Lipinski definition) is 4. The lowest BCUT2D eigenvalue weighted by Crippen LogP contribution is -2.30. The highest BCUT2D eigenvalue weighted by Gasteiger charge is 2.11. The molecule has 1 atom stereocenters. The standard InChI is InChI=1S/C13H18N2O4/c14-10(13(18)19)6-3-4-8-15-12(17)9-5-1-2-7-11(9)16/h1-2,5,7,10,16H,3-4,6,8,14H2,(H,15,17)(H,18,19). The molecule has 1 amide bonds. The number of carboxylic acids is 1. The Balaban J connectivity index is 2.25. The topological polar surface area (TPSA) is 113 Å². The number of nitrogens with two attached hydrogens (primary N) is 1. The van der Waals surface area contributed by atoms with E-state index in [9.17, 15) is 14.7 Å². The molecule has 19 heavy (non-hydrogen) atoms. The molecule has 0 aromatic heterocycles. The van der Waals surface area contributed by atoms with Gasteiger partial charge in [0, 0.05) is 6.54 Å². The number of phenols is 1. The fourth-order valence-electron chi connectivity index (χ4n) is 1.58. The Bertz CT molecular complexity index is 448. The van der Waals surface area contributed by atoms with Crippen LogP contribution in [-0.4, -0.2) is 34.7 Å². The lowest BCUT2D eigenvalue weighted by Gasteiger charge is -2.08. The van der Waals surface area contributed by atoms with Crippen molar-refractivity contribution in [2.75, 3.05) is 6.54 Å². The van der Waals surface area contributed by atoms with E-state index < -0.39 is 12.0 Å². The summed E-state index contributed by atoms with van der Waals surface area (Å²) in [6, 6.07) is 5.43. The number of aliphatic carboxylic acids is 1. The molecule has 0 aliphatic rings. The molecule has 104 valence electrons. The summed E-state index contributed by atoms with van der Waals surface area (Å²) in [4.78, 5) is 22.2. The predicted molar refractivity (Wildman–Crippen MR) is 69.9 cm³/mol. The molecule has 0 radical (unpaired) electrons. The minimum Gasteiger partial charge on any atom is -0.507 e. The summed E-state index contributed by atoms with van der Waals surface area (Å²) in [7, 11) is 0. The van der Waals surface area contributed by atoms with Gasteiger partial charge in [0.25, 0.3) is 5.91 Å². The molecule has 1 aromatic carbocycles. The largest absolute Gasteiger partial charge is 0.507 e. The molecule has 0 aliphatic heterocycles. The van der Waals surface area contributed by atoms with Crippen LogP contribution in [0.1, 0.15) is 29.6 Å². The smallest absolute Gasteiger partial charge is 0.320 e. The summed E-state index contributed by atoms with van der Waals surface area (Å²) in [5.74, 6) is -1.42. The van der Waals surface area contributed by atoms with Gasteiger partial charge in [-0.2, -0.15) is 0 Å². The van der Waals surface area contributed by atoms with Crippen LogP contribution in [0.5, 0.6) is 5.75 Å². The van der Waals surface area contributed by atoms with Crippen molar-refractivity contribution in [1.82, 2.24) is 5.32 Å². The lowest BCUT2D eigenvalue weighted by molar-refractivity contribution is -0.138. The van der Waals surface area contributed by atoms with Crippen LogP contribution in [0.2, 0.25) is 0 Å². The zero-order valence-electron chi connectivity index (χ0n) is 10.5. The van der Waals surface area contributed by atoms with Gasteiger partial charge in [-0.1, -0.05) is 12.1 Å². The quantitative estimate of drug-likeness (QED) is 0.543. The maximum absolute atomic E-state index is 11.7. The lowest BCUT2D eigenvalue weighted by atomic mass is 10.1. The van der Waals surface area contributed by atoms with E-state index in [0.717, 1.165) is 0 Å². The van der Waals surface area contributed by atoms with Gasteiger partial charge in [-0.15, -0.1) is 0 Å². The molecule has 1 aromatic rings. The van der Waals surface area contributed by atoms with Crippen LogP contribution in [-0.2, 0) is 4.79 Å². The highest BCUT2D eigenvalue weighted by molar-refractivity contribution is 5.96. The first-order valence-electron chi connectivity index (χ1n) is 6.07. The molecule has 0 bridgehead atoms. The third-order valence-electron chi connectivity index (χ3n) is 2.69. The van der Waals surface area contributed by atoms with Gasteiger partial charge < -0.3 is 21.3 Å². The minimum atomic E-state index is -1.02. The first-order valence-corrected chi connectivity index (χ1v) is 6.07. The molecule has 6 heteroatoms. The Kier molecular flexibility index (Phi) is 5.81. The van der Waals surface area contributed by atoms with E-state index in [1.54, 1.807) is 12.1 Å². The number of aromatic hydroxyl groups is 1. The van der Waals surface area contributed by atoms with Crippen LogP contribution < -0.4 is 11.1 Å². The third kappa shape index (κ3) is 4.97. The second-order valence-electron chi connectivity index (χ2n) is 4.21. The summed E-state index contributed by atoms with van der Waals surface area (Å²) in [6.07, 6.45) is 1.64. The molecular weight excluding hydrogens is 248 g/mol. The molecule has 0 fully saturated rings. The van der Waals surface area contributed by atoms with Gasteiger partial charge in [-0.3, -0.25) is 9.59 Å². The number of unbranched alkanes of at least 4 members (excludes halogenated alkanes) is 1. The Morgan fingerprint density at radius 1 is 1.26 bits per heavy atom. The van der Waals surface area contributed by atoms with Crippen LogP contribution in [0.15, 0.2) is 24.3 Å². The zero-order valence-corrected chi connectivity index (χ0v) is 10.5. The fraction of sp³-hybridized carbons (Fsp3) is 0.385. The van der Waals surface area contributed by atoms with Crippen molar-refractivity contribution in [1.29, 1.82) is 0 Å². The summed E-state index contributed by atoms with van der Waals surface area (Å²) in [6.45, 7) is 0.416. The molecule has 0 aliphatic carbocycles. The van der Waals surface area contributed by atoms with Gasteiger partial charge in [-0.05, 0) is 31.4 Å². The molecule has 0 heterocycles. The average molecular weight is 266 g/mol. The number of carboxylic acid groups (broad SMARTS) is 1. The van der Waals surface area contributed by atoms with Crippen LogP contribution in [0, 0.1) is 0 Å². The number of carbonyl (C=O) groups excluding carboxylic acids is 1. The van der Waals surface area contributed by atoms with Crippen molar-refractivity contribution in [2.45, 2.75) is 25.3 Å². The van der Waals surface area contributed by atoms with E-state index in [2.05, 4.69) is 5.32 Å². The van der Waals surface area contributed by atoms with Crippen molar-refractivity contribution in [3.8, 4) is 5.75 Å². The van der Waals surface area contributed by atoms with Crippen LogP contribution >= 0.6 is 0 Å². The van der Waals surface area contributed by atoms with Crippen LogP contribution in [0.25, 0.3) is 0 Å². The van der Waals surface area contributed by atoms with E-state index in [1.807, 2.05) is 0 Å². The predicted octanol–water partition coefficient (Wildman–Crippen LogP) is 0.704. The molecule has 0 saturated carbocycles. The number of para-hydroxylation sites is 1. The number of rotatable bonds is 7. The van der Waals surface area contributed by atoms with Gasteiger partial charge in [0.15, 0.2) is 0 Å². The molecular formula is C13H18N2O4. The molecule has 0 saturated heterocycles. The van der Waals surface area contributed by atoms with E-state index in [0.29, 0.717) is 25.8 Å². The average Bonchev–Trinajstić information content (AvgIpc) is 2.38. The molecule has 1 unspecified atom stereocenters. The van der Waals surface area contributed by atoms with Gasteiger partial charge in [0.05, 0.1) is 5.56 Å². The number of carbonyl (C=O) groups is 2. The number of hydrogen-bond donors (Lipinski definition) is 4. The first kappa shape index (κ1) is 15.0. The van der Waals surface area contributed by atoms with E-state index in [1.165, 1.54) is 12.1 Å². The SMILES string of the molecule is NC(CCCCNC(=O)c1ccccc1O)C(=O)O. The Morgan fingerprint density at radius 2 is 1.95 bits per heavy atom. The van der Waals surface area contributed by atoms with Crippen molar-refractivity contribution >= 4 is 11.9 Å². The molecule has 5 N–H and O–H groups in total. The Hall–Kier alpha value is -2.08. The summed E-state index contributed by atoms with van der Waals surface area (Å²) in [5, 5.41) is 20.7. The third-order valence-corrected chi connectivity index (χ3v) is 2.69. The molecule has 6 nitrogen and oxygen atoms in total. The van der Waals surface area contributed by atoms with Gasteiger partial charge >= 0.3 is 5.97 Å². The zero-order chi connectivity index (χ0) is 14.3. The number of amides is 1. The first-order chi connectivity index (χ1) is 9.02. The highest BCUT2D eigenvalue weighted by atomic mass is 16.4. The monoisotopic (exact) mass is 266 g/mol. The van der Waals surface area contributed by atoms with Crippen LogP contribution in [0.4, 0.5) is 0 Å². The summed E-state index contributed by atoms with van der Waals surface area (Å²) >= 11 is 0. The summed E-state index contributed by atoms with van der Waals surface area (Å²) in [5.41, 5.74) is 5.58. The minimum absolute atomic E-state index is 0.0621. The van der Waals surface area contributed by atoms with Crippen molar-refractivity contribution in [2.24, 2.45) is 5.73 Å². The molecule has 1 rings (SSSR count). The number of benzene rings is 1. The summed E-state index contributed by atoms with van der Waals surface area (Å²) < 4.78 is 0. The second-order valence-corrected chi connectivity index (χ2v) is 4.21. The van der Waals surface area contributed by atoms with E-state index in [4.69, 9.17) is 10.8 Å². The van der Waals surface area contributed by atoms with E-state index in [-0.39, 0.29) is 17.2 Å².